The zero-order valence-corrected chi connectivity index (χ0v) is 23.3. The smallest absolute Gasteiger partial charge is 0.301 e. The van der Waals surface area contributed by atoms with E-state index in [4.69, 9.17) is 0 Å². The molecule has 1 saturated heterocycles. The number of pyridine rings is 1. The van der Waals surface area contributed by atoms with Crippen molar-refractivity contribution in [2.45, 2.75) is 23.1 Å². The second kappa shape index (κ2) is 10.8. The first kappa shape index (κ1) is 27.2. The van der Waals surface area contributed by atoms with Crippen molar-refractivity contribution in [3.63, 3.8) is 0 Å². The number of nitrogens with zero attached hydrogens (tertiary/aromatic N) is 6. The fourth-order valence-corrected chi connectivity index (χ4v) is 6.59. The highest BCUT2D eigenvalue weighted by molar-refractivity contribution is 8.00. The van der Waals surface area contributed by atoms with Crippen LogP contribution in [-0.4, -0.2) is 41.3 Å². The van der Waals surface area contributed by atoms with Gasteiger partial charge in [0.15, 0.2) is 10.1 Å². The van der Waals surface area contributed by atoms with Gasteiger partial charge < -0.3 is 5.11 Å². The van der Waals surface area contributed by atoms with Crippen molar-refractivity contribution in [1.82, 2.24) is 19.6 Å². The van der Waals surface area contributed by atoms with Gasteiger partial charge >= 0.3 is 5.91 Å². The lowest BCUT2D eigenvalue weighted by molar-refractivity contribution is -0.384. The topological polar surface area (TPSA) is 144 Å². The number of thioether (sulfide) groups is 1. The van der Waals surface area contributed by atoms with Crippen molar-refractivity contribution in [2.75, 3.05) is 4.90 Å². The third-order valence-electron chi connectivity index (χ3n) is 6.65. The Balaban J connectivity index is 1.46. The number of non-ortho nitro benzene ring substituents is 1. The molecule has 2 aromatic carbocycles. The van der Waals surface area contributed by atoms with Crippen LogP contribution in [0, 0.1) is 22.9 Å². The predicted octanol–water partition coefficient (Wildman–Crippen LogP) is 5.46. The van der Waals surface area contributed by atoms with E-state index in [0.717, 1.165) is 21.8 Å². The molecule has 14 heteroatoms. The molecule has 1 aliphatic rings. The van der Waals surface area contributed by atoms with E-state index in [2.05, 4.69) is 15.2 Å². The molecule has 5 aromatic rings. The number of aliphatic hydroxyl groups excluding tert-OH is 1. The van der Waals surface area contributed by atoms with E-state index in [9.17, 15) is 29.2 Å². The molecule has 0 spiro atoms. The zero-order valence-electron chi connectivity index (χ0n) is 21.7. The van der Waals surface area contributed by atoms with Crippen LogP contribution in [0.4, 0.5) is 15.2 Å². The van der Waals surface area contributed by atoms with Crippen LogP contribution in [0.2, 0.25) is 0 Å². The minimum atomic E-state index is -1.23. The maximum Gasteiger partial charge on any atom is 0.301 e. The number of anilines is 1. The number of carbonyl (C=O) groups excluding carboxylic acids is 2. The first-order valence-corrected chi connectivity index (χ1v) is 14.2. The van der Waals surface area contributed by atoms with Gasteiger partial charge in [-0.05, 0) is 42.3 Å². The Bertz CT molecular complexity index is 1920. The average molecular weight is 603 g/mol. The lowest BCUT2D eigenvalue weighted by Gasteiger charge is -2.22. The summed E-state index contributed by atoms with van der Waals surface area (Å²) < 4.78 is 15.3. The molecule has 1 amide bonds. The monoisotopic (exact) mass is 602 g/mol. The number of imidazole rings is 1. The largest absolute Gasteiger partial charge is 0.505 e. The number of aliphatic hydroxyl groups is 1. The van der Waals surface area contributed by atoms with Crippen molar-refractivity contribution in [3.8, 4) is 0 Å². The van der Waals surface area contributed by atoms with Gasteiger partial charge in [-0.2, -0.15) is 0 Å². The number of aromatic nitrogens is 4. The van der Waals surface area contributed by atoms with Gasteiger partial charge in [0, 0.05) is 24.1 Å². The standard InChI is InChI=1S/C28H19FN6O5S2/c1-15-22(33-12-3-2-7-20(33)30-15)24(36)21-23(17-5-4-6-19(13-17)35(39)40)34(26(38)25(21)37)27-31-32-28(42-27)41-14-16-8-10-18(29)11-9-16/h2-13,23,36H,14H2,1H3. The fraction of sp³-hybridized carbons (Fsp3) is 0.107. The highest BCUT2D eigenvalue weighted by Crippen LogP contribution is 2.45. The maximum atomic E-state index is 13.6. The number of amides is 1. The summed E-state index contributed by atoms with van der Waals surface area (Å²) in [5.41, 5.74) is 1.71. The van der Waals surface area contributed by atoms with E-state index in [1.165, 1.54) is 48.2 Å². The van der Waals surface area contributed by atoms with Gasteiger partial charge in [-0.15, -0.1) is 10.2 Å². The van der Waals surface area contributed by atoms with Crippen molar-refractivity contribution in [3.05, 3.63) is 117 Å². The Labute approximate surface area is 245 Å². The molecule has 0 saturated carbocycles. The van der Waals surface area contributed by atoms with E-state index in [0.29, 0.717) is 21.4 Å². The Morgan fingerprint density at radius 3 is 2.67 bits per heavy atom. The van der Waals surface area contributed by atoms with Crippen molar-refractivity contribution in [2.24, 2.45) is 0 Å². The van der Waals surface area contributed by atoms with Crippen molar-refractivity contribution >= 4 is 57.0 Å². The molecule has 1 unspecified atom stereocenters. The number of rotatable bonds is 7. The number of nitro benzene ring substituents is 1. The summed E-state index contributed by atoms with van der Waals surface area (Å²) in [5, 5.41) is 31.6. The Kier molecular flexibility index (Phi) is 7.00. The predicted molar refractivity (Wildman–Crippen MR) is 154 cm³/mol. The summed E-state index contributed by atoms with van der Waals surface area (Å²) in [4.78, 5) is 43.7. The van der Waals surface area contributed by atoms with Gasteiger partial charge in [0.25, 0.3) is 11.5 Å². The number of nitro groups is 1. The number of hydrogen-bond acceptors (Lipinski definition) is 10. The molecule has 1 N–H and O–H groups in total. The van der Waals surface area contributed by atoms with Gasteiger partial charge in [-0.3, -0.25) is 29.0 Å². The zero-order chi connectivity index (χ0) is 29.5. The average Bonchev–Trinajstić information content (AvgIpc) is 3.66. The third-order valence-corrected chi connectivity index (χ3v) is 8.77. The fourth-order valence-electron chi connectivity index (χ4n) is 4.76. The minimum absolute atomic E-state index is 0.0733. The van der Waals surface area contributed by atoms with Gasteiger partial charge in [0.1, 0.15) is 17.2 Å². The van der Waals surface area contributed by atoms with E-state index in [1.807, 2.05) is 0 Å². The number of ketones is 1. The summed E-state index contributed by atoms with van der Waals surface area (Å²) in [6, 6.07) is 15.5. The number of hydrogen-bond donors (Lipinski definition) is 1. The lowest BCUT2D eigenvalue weighted by atomic mass is 9.96. The molecule has 0 aliphatic carbocycles. The van der Waals surface area contributed by atoms with Gasteiger partial charge in [-0.1, -0.05) is 53.4 Å². The number of Topliss-reactive ketones (excluding diaryl/α,β-unsaturated/α-hetero) is 1. The molecule has 0 radical (unpaired) electrons. The molecule has 0 bridgehead atoms. The summed E-state index contributed by atoms with van der Waals surface area (Å²) in [7, 11) is 0. The first-order valence-electron chi connectivity index (χ1n) is 12.4. The number of carbonyl (C=O) groups is 2. The highest BCUT2D eigenvalue weighted by Gasteiger charge is 2.49. The second-order valence-electron chi connectivity index (χ2n) is 9.26. The Hall–Kier alpha value is -4.95. The molecule has 1 fully saturated rings. The van der Waals surface area contributed by atoms with E-state index < -0.39 is 28.4 Å². The van der Waals surface area contributed by atoms with Crippen LogP contribution in [0.1, 0.15) is 28.6 Å². The summed E-state index contributed by atoms with van der Waals surface area (Å²) in [6.07, 6.45) is 1.66. The van der Waals surface area contributed by atoms with Gasteiger partial charge in [0.2, 0.25) is 5.13 Å². The molecular formula is C28H19FN6O5S2. The molecule has 4 heterocycles. The van der Waals surface area contributed by atoms with Gasteiger partial charge in [0.05, 0.1) is 22.2 Å². The van der Waals surface area contributed by atoms with Crippen LogP contribution in [0.25, 0.3) is 11.4 Å². The van der Waals surface area contributed by atoms with Crippen LogP contribution >= 0.6 is 23.1 Å². The maximum absolute atomic E-state index is 13.6. The molecule has 3 aromatic heterocycles. The molecule has 6 rings (SSSR count). The van der Waals surface area contributed by atoms with Gasteiger partial charge in [-0.25, -0.2) is 9.37 Å². The normalized spacial score (nSPS) is 16.4. The molecule has 1 aliphatic heterocycles. The molecule has 1 atom stereocenters. The molecule has 210 valence electrons. The van der Waals surface area contributed by atoms with Crippen molar-refractivity contribution < 1.29 is 24.0 Å². The molecule has 11 nitrogen and oxygen atoms in total. The third kappa shape index (κ3) is 4.80. The highest BCUT2D eigenvalue weighted by atomic mass is 32.2. The Morgan fingerprint density at radius 1 is 1.12 bits per heavy atom. The second-order valence-corrected chi connectivity index (χ2v) is 11.4. The van der Waals surface area contributed by atoms with Crippen LogP contribution in [0.3, 0.4) is 0 Å². The summed E-state index contributed by atoms with van der Waals surface area (Å²) >= 11 is 2.36. The minimum Gasteiger partial charge on any atom is -0.505 e. The van der Waals surface area contributed by atoms with Crippen LogP contribution in [-0.2, 0) is 15.3 Å². The SMILES string of the molecule is Cc1nc2ccccn2c1C(O)=C1C(=O)C(=O)N(c2nnc(SCc3ccc(F)cc3)s2)C1c1cccc([N+](=O)[O-])c1. The Morgan fingerprint density at radius 2 is 1.90 bits per heavy atom. The van der Waals surface area contributed by atoms with E-state index in [-0.39, 0.29) is 33.5 Å². The quantitative estimate of drug-likeness (QED) is 0.0488. The molecular weight excluding hydrogens is 583 g/mol. The van der Waals surface area contributed by atoms with Crippen LogP contribution in [0.15, 0.2) is 82.8 Å². The summed E-state index contributed by atoms with van der Waals surface area (Å²) in [6.45, 7) is 1.66. The van der Waals surface area contributed by atoms with E-state index >= 15 is 0 Å². The number of halogens is 1. The number of benzene rings is 2. The number of aryl methyl sites for hydroxylation is 1. The lowest BCUT2D eigenvalue weighted by Crippen LogP contribution is -2.29. The first-order chi connectivity index (χ1) is 20.2. The number of fused-ring (bicyclic) bond motifs is 1. The molecule has 42 heavy (non-hydrogen) atoms. The van der Waals surface area contributed by atoms with Crippen molar-refractivity contribution in [1.29, 1.82) is 0 Å². The van der Waals surface area contributed by atoms with Crippen LogP contribution in [0.5, 0.6) is 0 Å². The summed E-state index contributed by atoms with van der Waals surface area (Å²) in [5.74, 6) is -2.32. The van der Waals surface area contributed by atoms with Crippen LogP contribution < -0.4 is 4.90 Å². The van der Waals surface area contributed by atoms with E-state index in [1.54, 1.807) is 47.9 Å².